The summed E-state index contributed by atoms with van der Waals surface area (Å²) in [6.07, 6.45) is -4.20. The zero-order valence-corrected chi connectivity index (χ0v) is 10.2. The van der Waals surface area contributed by atoms with E-state index in [0.29, 0.717) is 0 Å². The van der Waals surface area contributed by atoms with Crippen LogP contribution in [0.25, 0.3) is 0 Å². The first-order valence-corrected chi connectivity index (χ1v) is 5.27. The highest BCUT2D eigenvalue weighted by molar-refractivity contribution is 5.76. The first-order valence-electron chi connectivity index (χ1n) is 5.27. The van der Waals surface area contributed by atoms with E-state index < -0.39 is 28.4 Å². The SMILES string of the molecule is CCOC(=O)C(F)(F)Oc1cc([N+](=O)[O-])ccc1C. The minimum absolute atomic E-state index is 0.230. The van der Waals surface area contributed by atoms with Gasteiger partial charge < -0.3 is 9.47 Å². The number of nitro benzene ring substituents is 1. The number of carbonyl (C=O) groups excluding carboxylic acids is 1. The lowest BCUT2D eigenvalue weighted by atomic mass is 10.2. The topological polar surface area (TPSA) is 78.7 Å². The van der Waals surface area contributed by atoms with Crippen molar-refractivity contribution in [1.82, 2.24) is 0 Å². The first-order chi connectivity index (χ1) is 8.77. The van der Waals surface area contributed by atoms with Gasteiger partial charge >= 0.3 is 12.1 Å². The number of hydrogen-bond acceptors (Lipinski definition) is 5. The van der Waals surface area contributed by atoms with E-state index in [1.165, 1.54) is 19.9 Å². The van der Waals surface area contributed by atoms with Crippen molar-refractivity contribution in [1.29, 1.82) is 0 Å². The van der Waals surface area contributed by atoms with Gasteiger partial charge in [0.15, 0.2) is 0 Å². The smallest absolute Gasteiger partial charge is 0.459 e. The van der Waals surface area contributed by atoms with E-state index in [1.54, 1.807) is 0 Å². The number of esters is 1. The largest absolute Gasteiger partial charge is 0.502 e. The fourth-order valence-corrected chi connectivity index (χ4v) is 1.21. The number of benzene rings is 1. The molecule has 0 radical (unpaired) electrons. The van der Waals surface area contributed by atoms with Gasteiger partial charge in [0.05, 0.1) is 17.6 Å². The Bertz CT molecular complexity index is 504. The van der Waals surface area contributed by atoms with E-state index >= 15 is 0 Å². The van der Waals surface area contributed by atoms with Crippen LogP contribution in [0.4, 0.5) is 14.5 Å². The maximum absolute atomic E-state index is 13.3. The maximum atomic E-state index is 13.3. The van der Waals surface area contributed by atoms with Crippen LogP contribution in [-0.2, 0) is 9.53 Å². The molecule has 0 saturated carbocycles. The van der Waals surface area contributed by atoms with E-state index in [-0.39, 0.29) is 12.2 Å². The molecule has 104 valence electrons. The summed E-state index contributed by atoms with van der Waals surface area (Å²) >= 11 is 0. The summed E-state index contributed by atoms with van der Waals surface area (Å²) in [5.74, 6) is -2.30. The van der Waals surface area contributed by atoms with Crippen molar-refractivity contribution in [3.8, 4) is 5.75 Å². The predicted octanol–water partition coefficient (Wildman–Crippen LogP) is 2.44. The second kappa shape index (κ2) is 5.59. The standard InChI is InChI=1S/C11H11F2NO5/c1-3-18-10(15)11(12,13)19-9-6-8(14(16)17)5-4-7(9)2/h4-6H,3H2,1-2H3. The number of non-ortho nitro benzene ring substituents is 1. The number of nitrogens with zero attached hydrogens (tertiary/aromatic N) is 1. The molecule has 0 aliphatic heterocycles. The molecule has 0 fully saturated rings. The predicted molar refractivity (Wildman–Crippen MR) is 60.0 cm³/mol. The molecule has 0 aliphatic rings. The molecule has 0 saturated heterocycles. The van der Waals surface area contributed by atoms with Crippen LogP contribution in [0.15, 0.2) is 18.2 Å². The average Bonchev–Trinajstić information content (AvgIpc) is 2.31. The van der Waals surface area contributed by atoms with Crippen LogP contribution in [0.1, 0.15) is 12.5 Å². The Morgan fingerprint density at radius 3 is 2.63 bits per heavy atom. The Balaban J connectivity index is 3.01. The molecule has 0 bridgehead atoms. The molecule has 0 heterocycles. The number of carbonyl (C=O) groups is 1. The summed E-state index contributed by atoms with van der Waals surface area (Å²) in [5, 5.41) is 10.5. The summed E-state index contributed by atoms with van der Waals surface area (Å²) in [6.45, 7) is 2.55. The van der Waals surface area contributed by atoms with Crippen molar-refractivity contribution in [3.63, 3.8) is 0 Å². The molecular weight excluding hydrogens is 264 g/mol. The van der Waals surface area contributed by atoms with Crippen LogP contribution < -0.4 is 4.74 Å². The zero-order valence-electron chi connectivity index (χ0n) is 10.2. The molecule has 1 rings (SSSR count). The Morgan fingerprint density at radius 1 is 1.47 bits per heavy atom. The van der Waals surface area contributed by atoms with Crippen molar-refractivity contribution >= 4 is 11.7 Å². The monoisotopic (exact) mass is 275 g/mol. The average molecular weight is 275 g/mol. The van der Waals surface area contributed by atoms with E-state index in [2.05, 4.69) is 9.47 Å². The van der Waals surface area contributed by atoms with Gasteiger partial charge in [0, 0.05) is 6.07 Å². The van der Waals surface area contributed by atoms with E-state index in [9.17, 15) is 23.7 Å². The molecule has 0 atom stereocenters. The summed E-state index contributed by atoms with van der Waals surface area (Å²) in [6, 6.07) is 3.21. The van der Waals surface area contributed by atoms with Gasteiger partial charge in [0.25, 0.3) is 5.69 Å². The Kier molecular flexibility index (Phi) is 4.36. The fourth-order valence-electron chi connectivity index (χ4n) is 1.21. The van der Waals surface area contributed by atoms with Crippen LogP contribution in [0.5, 0.6) is 5.75 Å². The molecule has 19 heavy (non-hydrogen) atoms. The molecule has 0 amide bonds. The van der Waals surface area contributed by atoms with Gasteiger partial charge in [-0.2, -0.15) is 8.78 Å². The maximum Gasteiger partial charge on any atom is 0.502 e. The third-order valence-corrected chi connectivity index (χ3v) is 2.13. The van der Waals surface area contributed by atoms with Crippen LogP contribution in [0, 0.1) is 17.0 Å². The number of halogens is 2. The second-order valence-corrected chi connectivity index (χ2v) is 3.55. The van der Waals surface area contributed by atoms with Crippen LogP contribution in [0.2, 0.25) is 0 Å². The normalized spacial score (nSPS) is 10.9. The van der Waals surface area contributed by atoms with Crippen LogP contribution >= 0.6 is 0 Å². The van der Waals surface area contributed by atoms with Crippen LogP contribution in [-0.4, -0.2) is 23.6 Å². The first kappa shape index (κ1) is 14.8. The third kappa shape index (κ3) is 3.60. The minimum atomic E-state index is -4.20. The Labute approximate surface area is 107 Å². The van der Waals surface area contributed by atoms with Gasteiger partial charge in [0.2, 0.25) is 0 Å². The molecule has 0 spiro atoms. The van der Waals surface area contributed by atoms with Crippen molar-refractivity contribution < 1.29 is 28.0 Å². The van der Waals surface area contributed by atoms with Gasteiger partial charge in [-0.1, -0.05) is 0 Å². The lowest BCUT2D eigenvalue weighted by Crippen LogP contribution is -2.37. The molecule has 0 N–H and O–H groups in total. The molecule has 0 aliphatic carbocycles. The number of nitro groups is 1. The number of rotatable bonds is 5. The highest BCUT2D eigenvalue weighted by atomic mass is 19.3. The van der Waals surface area contributed by atoms with Crippen molar-refractivity contribution in [2.45, 2.75) is 20.0 Å². The van der Waals surface area contributed by atoms with Crippen molar-refractivity contribution in [2.75, 3.05) is 6.61 Å². The van der Waals surface area contributed by atoms with Crippen molar-refractivity contribution in [2.24, 2.45) is 0 Å². The Hall–Kier alpha value is -2.25. The molecule has 1 aromatic carbocycles. The summed E-state index contributed by atoms with van der Waals surface area (Å²) in [7, 11) is 0. The van der Waals surface area contributed by atoms with Gasteiger partial charge in [-0.25, -0.2) is 4.79 Å². The number of hydrogen-bond donors (Lipinski definition) is 0. The highest BCUT2D eigenvalue weighted by Gasteiger charge is 2.44. The quantitative estimate of drug-likeness (QED) is 0.468. The molecule has 0 unspecified atom stereocenters. The van der Waals surface area contributed by atoms with Gasteiger partial charge in [0.1, 0.15) is 5.75 Å². The Morgan fingerprint density at radius 2 is 2.11 bits per heavy atom. The van der Waals surface area contributed by atoms with E-state index in [0.717, 1.165) is 12.1 Å². The summed E-state index contributed by atoms with van der Waals surface area (Å²) < 4.78 is 35.0. The van der Waals surface area contributed by atoms with Gasteiger partial charge in [-0.05, 0) is 25.5 Å². The summed E-state index contributed by atoms with van der Waals surface area (Å²) in [4.78, 5) is 20.8. The highest BCUT2D eigenvalue weighted by Crippen LogP contribution is 2.29. The zero-order chi connectivity index (χ0) is 14.6. The number of aryl methyl sites for hydroxylation is 1. The molecule has 8 heteroatoms. The second-order valence-electron chi connectivity index (χ2n) is 3.55. The number of alkyl halides is 2. The minimum Gasteiger partial charge on any atom is -0.459 e. The molecule has 1 aromatic rings. The lowest BCUT2D eigenvalue weighted by Gasteiger charge is -2.17. The van der Waals surface area contributed by atoms with E-state index in [1.807, 2.05) is 0 Å². The van der Waals surface area contributed by atoms with E-state index in [4.69, 9.17) is 0 Å². The van der Waals surface area contributed by atoms with Crippen LogP contribution in [0.3, 0.4) is 0 Å². The third-order valence-electron chi connectivity index (χ3n) is 2.13. The van der Waals surface area contributed by atoms with Crippen molar-refractivity contribution in [3.05, 3.63) is 33.9 Å². The lowest BCUT2D eigenvalue weighted by molar-refractivity contribution is -0.385. The number of ether oxygens (including phenoxy) is 2. The summed E-state index contributed by atoms with van der Waals surface area (Å²) in [5.41, 5.74) is -0.185. The van der Waals surface area contributed by atoms with Gasteiger partial charge in [-0.3, -0.25) is 10.1 Å². The fraction of sp³-hybridized carbons (Fsp3) is 0.364. The molecular formula is C11H11F2NO5. The van der Waals surface area contributed by atoms with Gasteiger partial charge in [-0.15, -0.1) is 0 Å². The molecule has 6 nitrogen and oxygen atoms in total. The molecule has 0 aromatic heterocycles.